The minimum Gasteiger partial charge on any atom is -0.368 e. The molecule has 1 amide bonds. The van der Waals surface area contributed by atoms with Gasteiger partial charge in [-0.2, -0.15) is 0 Å². The second-order valence-electron chi connectivity index (χ2n) is 2.78. The van der Waals surface area contributed by atoms with Gasteiger partial charge in [0, 0.05) is 0 Å². The second kappa shape index (κ2) is 3.77. The molecule has 0 saturated carbocycles. The summed E-state index contributed by atoms with van der Waals surface area (Å²) in [6.45, 7) is 0. The van der Waals surface area contributed by atoms with E-state index in [2.05, 4.69) is 0 Å². The van der Waals surface area contributed by atoms with Crippen molar-refractivity contribution in [1.29, 1.82) is 0 Å². The molecule has 1 aromatic rings. The van der Waals surface area contributed by atoms with Crippen molar-refractivity contribution in [2.75, 3.05) is 0 Å². The molecule has 0 radical (unpaired) electrons. The van der Waals surface area contributed by atoms with Crippen molar-refractivity contribution in [1.82, 2.24) is 0 Å². The van der Waals surface area contributed by atoms with Crippen LogP contribution in [0.1, 0.15) is 10.8 Å². The van der Waals surface area contributed by atoms with Crippen molar-refractivity contribution >= 4 is 15.9 Å². The molecule has 1 atom stereocenters. The fourth-order valence-electron chi connectivity index (χ4n) is 1.14. The molecule has 76 valence electrons. The fourth-order valence-corrected chi connectivity index (χ4v) is 2.00. The number of nitrogens with two attached hydrogens (primary N) is 2. The van der Waals surface area contributed by atoms with Gasteiger partial charge in [0.25, 0.3) is 0 Å². The largest absolute Gasteiger partial charge is 0.368 e. The van der Waals surface area contributed by atoms with E-state index in [0.717, 1.165) is 0 Å². The highest BCUT2D eigenvalue weighted by Gasteiger charge is 2.28. The second-order valence-corrected chi connectivity index (χ2v) is 4.43. The van der Waals surface area contributed by atoms with Gasteiger partial charge in [-0.1, -0.05) is 30.3 Å². The number of sulfonamides is 1. The molecule has 0 aromatic heterocycles. The molecule has 0 aliphatic carbocycles. The molecule has 0 aliphatic rings. The van der Waals surface area contributed by atoms with Crippen molar-refractivity contribution in [3.05, 3.63) is 35.9 Å². The van der Waals surface area contributed by atoms with Gasteiger partial charge in [-0.3, -0.25) is 4.79 Å². The summed E-state index contributed by atoms with van der Waals surface area (Å²) in [6, 6.07) is 7.89. The minimum atomic E-state index is -3.99. The number of carbonyl (C=O) groups is 1. The summed E-state index contributed by atoms with van der Waals surface area (Å²) in [7, 11) is -3.99. The van der Waals surface area contributed by atoms with Gasteiger partial charge >= 0.3 is 0 Å². The molecule has 0 spiro atoms. The third-order valence-corrected chi connectivity index (χ3v) is 2.85. The molecule has 0 saturated heterocycles. The van der Waals surface area contributed by atoms with E-state index in [1.54, 1.807) is 18.2 Å². The van der Waals surface area contributed by atoms with Crippen LogP contribution in [0.4, 0.5) is 0 Å². The highest BCUT2D eigenvalue weighted by Crippen LogP contribution is 2.18. The first-order valence-corrected chi connectivity index (χ1v) is 5.40. The molecule has 0 unspecified atom stereocenters. The van der Waals surface area contributed by atoms with Gasteiger partial charge in [0.2, 0.25) is 15.9 Å². The Kier molecular flexibility index (Phi) is 2.87. The highest BCUT2D eigenvalue weighted by atomic mass is 32.2. The quantitative estimate of drug-likeness (QED) is 0.708. The molecule has 4 N–H and O–H groups in total. The van der Waals surface area contributed by atoms with Crippen molar-refractivity contribution in [2.24, 2.45) is 10.9 Å². The summed E-state index contributed by atoms with van der Waals surface area (Å²) < 4.78 is 22.1. The molecular formula is C8H10N2O3S. The summed E-state index contributed by atoms with van der Waals surface area (Å²) in [5, 5.41) is 3.42. The average molecular weight is 214 g/mol. The van der Waals surface area contributed by atoms with Crippen molar-refractivity contribution in [3.8, 4) is 0 Å². The molecule has 1 aromatic carbocycles. The highest BCUT2D eigenvalue weighted by molar-refractivity contribution is 7.90. The smallest absolute Gasteiger partial charge is 0.241 e. The van der Waals surface area contributed by atoms with Crippen molar-refractivity contribution in [3.63, 3.8) is 0 Å². The van der Waals surface area contributed by atoms with E-state index in [1.807, 2.05) is 0 Å². The summed E-state index contributed by atoms with van der Waals surface area (Å²) >= 11 is 0. The van der Waals surface area contributed by atoms with Gasteiger partial charge in [-0.25, -0.2) is 13.6 Å². The maximum absolute atomic E-state index is 11.1. The maximum Gasteiger partial charge on any atom is 0.241 e. The molecule has 14 heavy (non-hydrogen) atoms. The van der Waals surface area contributed by atoms with Crippen LogP contribution in [0, 0.1) is 0 Å². The number of primary sulfonamides is 1. The Bertz CT molecular complexity index is 427. The van der Waals surface area contributed by atoms with E-state index in [0.29, 0.717) is 0 Å². The Balaban J connectivity index is 3.22. The zero-order chi connectivity index (χ0) is 10.8. The van der Waals surface area contributed by atoms with Gasteiger partial charge in [0.1, 0.15) is 0 Å². The molecule has 1 rings (SSSR count). The van der Waals surface area contributed by atoms with Crippen LogP contribution in [-0.4, -0.2) is 14.3 Å². The van der Waals surface area contributed by atoms with Crippen LogP contribution in [0.3, 0.4) is 0 Å². The molecular weight excluding hydrogens is 204 g/mol. The van der Waals surface area contributed by atoms with Crippen LogP contribution in [0.15, 0.2) is 30.3 Å². The Labute approximate surface area is 81.8 Å². The van der Waals surface area contributed by atoms with E-state index < -0.39 is 21.2 Å². The third-order valence-electron chi connectivity index (χ3n) is 1.69. The van der Waals surface area contributed by atoms with Crippen molar-refractivity contribution < 1.29 is 13.2 Å². The van der Waals surface area contributed by atoms with Gasteiger partial charge in [0.05, 0.1) is 0 Å². The molecule has 0 aliphatic heterocycles. The maximum atomic E-state index is 11.1. The van der Waals surface area contributed by atoms with Gasteiger partial charge < -0.3 is 5.73 Å². The number of benzene rings is 1. The Morgan fingerprint density at radius 1 is 1.21 bits per heavy atom. The molecule has 0 heterocycles. The van der Waals surface area contributed by atoms with Gasteiger partial charge in [-0.15, -0.1) is 0 Å². The zero-order valence-corrected chi connectivity index (χ0v) is 8.07. The summed E-state index contributed by atoms with van der Waals surface area (Å²) in [5.41, 5.74) is 5.24. The van der Waals surface area contributed by atoms with Crippen LogP contribution in [-0.2, 0) is 14.8 Å². The van der Waals surface area contributed by atoms with Crippen LogP contribution in [0.25, 0.3) is 0 Å². The Morgan fingerprint density at radius 2 is 1.71 bits per heavy atom. The third kappa shape index (κ3) is 2.30. The van der Waals surface area contributed by atoms with Crippen LogP contribution in [0.2, 0.25) is 0 Å². The van der Waals surface area contributed by atoms with Crippen LogP contribution >= 0.6 is 0 Å². The molecule has 5 nitrogen and oxygen atoms in total. The fraction of sp³-hybridized carbons (Fsp3) is 0.125. The van der Waals surface area contributed by atoms with Gasteiger partial charge in [0.15, 0.2) is 5.25 Å². The summed E-state index contributed by atoms with van der Waals surface area (Å²) in [6.07, 6.45) is 0. The minimum absolute atomic E-state index is 0.280. The number of hydrogen-bond acceptors (Lipinski definition) is 3. The first-order chi connectivity index (χ1) is 6.43. The molecule has 0 bridgehead atoms. The molecule has 6 heteroatoms. The number of rotatable bonds is 3. The number of hydrogen-bond donors (Lipinski definition) is 2. The lowest BCUT2D eigenvalue weighted by Gasteiger charge is -2.10. The van der Waals surface area contributed by atoms with Crippen LogP contribution < -0.4 is 10.9 Å². The Hall–Kier alpha value is -1.40. The summed E-state index contributed by atoms with van der Waals surface area (Å²) in [4.78, 5) is 10.9. The van der Waals surface area contributed by atoms with E-state index in [1.165, 1.54) is 12.1 Å². The number of primary amides is 1. The van der Waals surface area contributed by atoms with E-state index in [9.17, 15) is 13.2 Å². The summed E-state index contributed by atoms with van der Waals surface area (Å²) in [5.74, 6) is -0.973. The Morgan fingerprint density at radius 3 is 2.07 bits per heavy atom. The van der Waals surface area contributed by atoms with E-state index in [4.69, 9.17) is 10.9 Å². The monoisotopic (exact) mass is 214 g/mol. The lowest BCUT2D eigenvalue weighted by atomic mass is 10.1. The van der Waals surface area contributed by atoms with E-state index in [-0.39, 0.29) is 5.56 Å². The normalized spacial score (nSPS) is 13.5. The zero-order valence-electron chi connectivity index (χ0n) is 7.25. The van der Waals surface area contributed by atoms with Gasteiger partial charge in [-0.05, 0) is 5.56 Å². The average Bonchev–Trinajstić information content (AvgIpc) is 2.02. The van der Waals surface area contributed by atoms with Crippen molar-refractivity contribution in [2.45, 2.75) is 5.25 Å². The number of carbonyl (C=O) groups excluding carboxylic acids is 1. The lowest BCUT2D eigenvalue weighted by Crippen LogP contribution is -2.32. The first kappa shape index (κ1) is 10.7. The SMILES string of the molecule is NC(=O)[C@@H](c1ccccc1)S(N)(=O)=O. The topological polar surface area (TPSA) is 103 Å². The van der Waals surface area contributed by atoms with E-state index >= 15 is 0 Å². The predicted molar refractivity (Wildman–Crippen MR) is 51.5 cm³/mol. The van der Waals surface area contributed by atoms with Crippen LogP contribution in [0.5, 0.6) is 0 Å². The predicted octanol–water partition coefficient (Wildman–Crippen LogP) is -0.498. The number of amides is 1. The lowest BCUT2D eigenvalue weighted by molar-refractivity contribution is -0.117. The first-order valence-electron chi connectivity index (χ1n) is 3.79. The standard InChI is InChI=1S/C8H10N2O3S/c9-8(11)7(14(10,12)13)6-4-2-1-3-5-6/h1-5,7H,(H2,9,11)(H2,10,12,13)/t7-/m1/s1. The molecule has 0 fully saturated rings.